The smallest absolute Gasteiger partial charge is 0.417 e. The van der Waals surface area contributed by atoms with Gasteiger partial charge in [0.15, 0.2) is 11.5 Å². The first kappa shape index (κ1) is 16.5. The van der Waals surface area contributed by atoms with Crippen molar-refractivity contribution in [3.63, 3.8) is 0 Å². The SMILES string of the molecule is O=C(O)C1(C(=O)NCc2nnc3c(Cl)cc(C(F)(F)F)cn23)CC1. The molecular formula is C13H10ClF3N4O3. The lowest BCUT2D eigenvalue weighted by Crippen LogP contribution is -2.37. The molecular weight excluding hydrogens is 353 g/mol. The number of aromatic nitrogens is 3. The molecule has 0 aliphatic heterocycles. The number of halogens is 4. The van der Waals surface area contributed by atoms with E-state index in [2.05, 4.69) is 15.5 Å². The van der Waals surface area contributed by atoms with Crippen LogP contribution in [0.4, 0.5) is 13.2 Å². The molecule has 1 fully saturated rings. The van der Waals surface area contributed by atoms with Gasteiger partial charge >= 0.3 is 12.1 Å². The summed E-state index contributed by atoms with van der Waals surface area (Å²) >= 11 is 5.78. The van der Waals surface area contributed by atoms with Crippen LogP contribution in [0.3, 0.4) is 0 Å². The van der Waals surface area contributed by atoms with Gasteiger partial charge in [0.1, 0.15) is 5.41 Å². The van der Waals surface area contributed by atoms with E-state index in [1.54, 1.807) is 0 Å². The standard InChI is InChI=1S/C13H10ClF3N4O3/c14-7-3-6(13(15,16)17)5-21-8(19-20-9(7)21)4-18-10(22)12(1-2-12)11(23)24/h3,5H,1-2,4H2,(H,18,22)(H,23,24). The fraction of sp³-hybridized carbons (Fsp3) is 0.385. The molecule has 1 aliphatic carbocycles. The molecule has 0 saturated heterocycles. The summed E-state index contributed by atoms with van der Waals surface area (Å²) in [4.78, 5) is 23.0. The number of carboxylic acids is 1. The van der Waals surface area contributed by atoms with Gasteiger partial charge in [-0.25, -0.2) is 0 Å². The molecule has 2 N–H and O–H groups in total. The average Bonchev–Trinajstić information content (AvgIpc) is 3.20. The minimum Gasteiger partial charge on any atom is -0.480 e. The molecule has 2 heterocycles. The third-order valence-electron chi connectivity index (χ3n) is 3.86. The summed E-state index contributed by atoms with van der Waals surface area (Å²) in [6.45, 7) is -0.271. The van der Waals surface area contributed by atoms with Crippen LogP contribution in [0, 0.1) is 5.41 Å². The first-order chi connectivity index (χ1) is 11.1. The zero-order valence-corrected chi connectivity index (χ0v) is 12.6. The fourth-order valence-electron chi connectivity index (χ4n) is 2.27. The van der Waals surface area contributed by atoms with Crippen molar-refractivity contribution in [2.75, 3.05) is 0 Å². The normalized spacial score (nSPS) is 16.2. The van der Waals surface area contributed by atoms with Crippen molar-refractivity contribution in [1.29, 1.82) is 0 Å². The van der Waals surface area contributed by atoms with E-state index in [1.807, 2.05) is 0 Å². The maximum absolute atomic E-state index is 12.9. The van der Waals surface area contributed by atoms with Crippen LogP contribution in [-0.2, 0) is 22.3 Å². The van der Waals surface area contributed by atoms with Crippen molar-refractivity contribution in [2.45, 2.75) is 25.6 Å². The Labute approximate surface area is 137 Å². The van der Waals surface area contributed by atoms with Crippen molar-refractivity contribution >= 4 is 29.1 Å². The molecule has 3 rings (SSSR count). The molecule has 0 spiro atoms. The molecule has 7 nitrogen and oxygen atoms in total. The molecule has 0 aromatic carbocycles. The van der Waals surface area contributed by atoms with E-state index in [1.165, 1.54) is 0 Å². The Bertz CT molecular complexity index is 845. The highest BCUT2D eigenvalue weighted by Gasteiger charge is 2.57. The zero-order valence-electron chi connectivity index (χ0n) is 11.9. The summed E-state index contributed by atoms with van der Waals surface area (Å²) in [6.07, 6.45) is -3.39. The van der Waals surface area contributed by atoms with Crippen LogP contribution in [0.5, 0.6) is 0 Å². The van der Waals surface area contributed by atoms with E-state index in [9.17, 15) is 22.8 Å². The van der Waals surface area contributed by atoms with E-state index < -0.39 is 29.0 Å². The number of amides is 1. The number of carbonyl (C=O) groups is 2. The van der Waals surface area contributed by atoms with Gasteiger partial charge in [-0.05, 0) is 18.9 Å². The fourth-order valence-corrected chi connectivity index (χ4v) is 2.51. The van der Waals surface area contributed by atoms with Crippen LogP contribution >= 0.6 is 11.6 Å². The molecule has 24 heavy (non-hydrogen) atoms. The van der Waals surface area contributed by atoms with Gasteiger partial charge < -0.3 is 10.4 Å². The third-order valence-corrected chi connectivity index (χ3v) is 4.14. The quantitative estimate of drug-likeness (QED) is 0.809. The Hall–Kier alpha value is -2.36. The maximum Gasteiger partial charge on any atom is 0.417 e. The topological polar surface area (TPSA) is 96.6 Å². The number of aliphatic carboxylic acids is 1. The monoisotopic (exact) mass is 362 g/mol. The predicted octanol–water partition coefficient (Wildman–Crippen LogP) is 1.88. The number of hydrogen-bond acceptors (Lipinski definition) is 4. The van der Waals surface area contributed by atoms with Crippen LogP contribution in [0.25, 0.3) is 5.65 Å². The lowest BCUT2D eigenvalue weighted by molar-refractivity contribution is -0.149. The lowest BCUT2D eigenvalue weighted by Gasteiger charge is -2.11. The summed E-state index contributed by atoms with van der Waals surface area (Å²) in [5, 5.41) is 18.5. The molecule has 2 aromatic heterocycles. The van der Waals surface area contributed by atoms with Gasteiger partial charge in [0.05, 0.1) is 17.1 Å². The second kappa shape index (κ2) is 5.33. The average molecular weight is 363 g/mol. The Morgan fingerprint density at radius 1 is 1.38 bits per heavy atom. The molecule has 1 saturated carbocycles. The van der Waals surface area contributed by atoms with E-state index in [0.29, 0.717) is 0 Å². The lowest BCUT2D eigenvalue weighted by atomic mass is 10.1. The molecule has 1 amide bonds. The van der Waals surface area contributed by atoms with Crippen molar-refractivity contribution in [2.24, 2.45) is 5.41 Å². The number of alkyl halides is 3. The Morgan fingerprint density at radius 3 is 2.58 bits per heavy atom. The Morgan fingerprint density at radius 2 is 2.04 bits per heavy atom. The van der Waals surface area contributed by atoms with E-state index in [-0.39, 0.29) is 35.9 Å². The van der Waals surface area contributed by atoms with Gasteiger partial charge in [0.2, 0.25) is 5.91 Å². The highest BCUT2D eigenvalue weighted by atomic mass is 35.5. The summed E-state index contributed by atoms with van der Waals surface area (Å²) < 4.78 is 39.6. The molecule has 0 radical (unpaired) electrons. The van der Waals surface area contributed by atoms with Crippen molar-refractivity contribution in [3.05, 3.63) is 28.7 Å². The first-order valence-electron chi connectivity index (χ1n) is 6.77. The molecule has 0 atom stereocenters. The number of nitrogens with zero attached hydrogens (tertiary/aromatic N) is 3. The third kappa shape index (κ3) is 2.66. The molecule has 11 heteroatoms. The number of pyridine rings is 1. The van der Waals surface area contributed by atoms with Gasteiger partial charge in [0.25, 0.3) is 0 Å². The van der Waals surface area contributed by atoms with Crippen molar-refractivity contribution in [1.82, 2.24) is 19.9 Å². The summed E-state index contributed by atoms with van der Waals surface area (Å²) in [5.41, 5.74) is -2.43. The van der Waals surface area contributed by atoms with Crippen molar-refractivity contribution < 1.29 is 27.9 Å². The maximum atomic E-state index is 12.9. The number of carbonyl (C=O) groups excluding carboxylic acids is 1. The Kier molecular flexibility index (Phi) is 3.67. The van der Waals surface area contributed by atoms with E-state index in [4.69, 9.17) is 16.7 Å². The van der Waals surface area contributed by atoms with Gasteiger partial charge in [-0.15, -0.1) is 10.2 Å². The van der Waals surface area contributed by atoms with Gasteiger partial charge in [-0.1, -0.05) is 11.6 Å². The molecule has 1 aliphatic rings. The van der Waals surface area contributed by atoms with E-state index >= 15 is 0 Å². The molecule has 0 unspecified atom stereocenters. The highest BCUT2D eigenvalue weighted by Crippen LogP contribution is 2.46. The Balaban J connectivity index is 1.87. The van der Waals surface area contributed by atoms with Crippen LogP contribution in [0.15, 0.2) is 12.3 Å². The van der Waals surface area contributed by atoms with Gasteiger partial charge in [-0.3, -0.25) is 14.0 Å². The second-order valence-electron chi connectivity index (χ2n) is 5.45. The van der Waals surface area contributed by atoms with E-state index in [0.717, 1.165) is 16.7 Å². The summed E-state index contributed by atoms with van der Waals surface area (Å²) in [6, 6.07) is 0.734. The number of carboxylic acid groups (broad SMARTS) is 1. The largest absolute Gasteiger partial charge is 0.480 e. The van der Waals surface area contributed by atoms with Crippen LogP contribution < -0.4 is 5.32 Å². The van der Waals surface area contributed by atoms with Crippen LogP contribution in [0.1, 0.15) is 24.2 Å². The minimum absolute atomic E-state index is 0.00698. The van der Waals surface area contributed by atoms with Crippen LogP contribution in [0.2, 0.25) is 5.02 Å². The molecule has 128 valence electrons. The van der Waals surface area contributed by atoms with Gasteiger partial charge in [-0.2, -0.15) is 13.2 Å². The molecule has 0 bridgehead atoms. The summed E-state index contributed by atoms with van der Waals surface area (Å²) in [5.74, 6) is -1.93. The second-order valence-corrected chi connectivity index (χ2v) is 5.86. The highest BCUT2D eigenvalue weighted by molar-refractivity contribution is 6.33. The minimum atomic E-state index is -4.61. The number of nitrogens with one attached hydrogen (secondary N) is 1. The predicted molar refractivity (Wildman–Crippen MR) is 74.1 cm³/mol. The first-order valence-corrected chi connectivity index (χ1v) is 7.15. The molecule has 2 aromatic rings. The van der Waals surface area contributed by atoms with Crippen LogP contribution in [-0.4, -0.2) is 31.6 Å². The number of rotatable bonds is 4. The van der Waals surface area contributed by atoms with Gasteiger partial charge in [0, 0.05) is 6.20 Å². The summed E-state index contributed by atoms with van der Waals surface area (Å²) in [7, 11) is 0. The number of fused-ring (bicyclic) bond motifs is 1. The number of hydrogen-bond donors (Lipinski definition) is 2. The van der Waals surface area contributed by atoms with Crippen molar-refractivity contribution in [3.8, 4) is 0 Å². The zero-order chi connectivity index (χ0) is 17.7.